The molecule has 0 bridgehead atoms. The molecule has 1 aliphatic rings. The molecule has 0 aromatic rings. The first-order chi connectivity index (χ1) is 9.31. The lowest BCUT2D eigenvalue weighted by Crippen LogP contribution is -2.23. The van der Waals surface area contributed by atoms with Gasteiger partial charge in [0, 0.05) is 5.92 Å². The Morgan fingerprint density at radius 3 is 2.55 bits per heavy atom. The second kappa shape index (κ2) is 7.47. The SMILES string of the molecule is C=C(C)CC(C)CC(C)C(C)C(=O)C1=CCC(C)=CO1. The zero-order valence-corrected chi connectivity index (χ0v) is 13.5. The van der Waals surface area contributed by atoms with E-state index in [-0.39, 0.29) is 11.7 Å². The van der Waals surface area contributed by atoms with Crippen molar-refractivity contribution in [1.29, 1.82) is 0 Å². The van der Waals surface area contributed by atoms with Crippen LogP contribution in [0.15, 0.2) is 35.8 Å². The molecule has 3 atom stereocenters. The van der Waals surface area contributed by atoms with Gasteiger partial charge in [0.25, 0.3) is 0 Å². The number of allylic oxidation sites excluding steroid dienone is 4. The van der Waals surface area contributed by atoms with Crippen LogP contribution in [0.5, 0.6) is 0 Å². The molecule has 0 radical (unpaired) electrons. The Morgan fingerprint density at radius 1 is 1.40 bits per heavy atom. The van der Waals surface area contributed by atoms with E-state index in [1.54, 1.807) is 6.26 Å². The van der Waals surface area contributed by atoms with Crippen molar-refractivity contribution >= 4 is 5.78 Å². The number of hydrogen-bond acceptors (Lipinski definition) is 2. The number of carbonyl (C=O) groups excluding carboxylic acids is 1. The van der Waals surface area contributed by atoms with Gasteiger partial charge in [-0.25, -0.2) is 0 Å². The monoisotopic (exact) mass is 276 g/mol. The third-order valence-corrected chi connectivity index (χ3v) is 3.98. The minimum Gasteiger partial charge on any atom is -0.462 e. The van der Waals surface area contributed by atoms with E-state index in [4.69, 9.17) is 4.74 Å². The fraction of sp³-hybridized carbons (Fsp3) is 0.611. The maximum Gasteiger partial charge on any atom is 0.200 e. The maximum atomic E-state index is 12.4. The summed E-state index contributed by atoms with van der Waals surface area (Å²) in [5.41, 5.74) is 2.36. The van der Waals surface area contributed by atoms with Crippen molar-refractivity contribution in [2.75, 3.05) is 0 Å². The summed E-state index contributed by atoms with van der Waals surface area (Å²) in [7, 11) is 0. The smallest absolute Gasteiger partial charge is 0.200 e. The van der Waals surface area contributed by atoms with Crippen molar-refractivity contribution in [3.05, 3.63) is 35.8 Å². The zero-order chi connectivity index (χ0) is 15.3. The van der Waals surface area contributed by atoms with E-state index in [0.717, 1.165) is 24.8 Å². The lowest BCUT2D eigenvalue weighted by atomic mass is 9.82. The highest BCUT2D eigenvalue weighted by molar-refractivity contribution is 5.95. The maximum absolute atomic E-state index is 12.4. The highest BCUT2D eigenvalue weighted by Gasteiger charge is 2.26. The van der Waals surface area contributed by atoms with Crippen molar-refractivity contribution in [3.8, 4) is 0 Å². The molecule has 0 fully saturated rings. The van der Waals surface area contributed by atoms with Crippen LogP contribution in [-0.2, 0) is 9.53 Å². The Kier molecular flexibility index (Phi) is 6.25. The van der Waals surface area contributed by atoms with Crippen molar-refractivity contribution in [2.24, 2.45) is 17.8 Å². The number of ketones is 1. The highest BCUT2D eigenvalue weighted by Crippen LogP contribution is 2.27. The van der Waals surface area contributed by atoms with Crippen LogP contribution in [0.3, 0.4) is 0 Å². The van der Waals surface area contributed by atoms with Gasteiger partial charge in [0.1, 0.15) is 0 Å². The van der Waals surface area contributed by atoms with E-state index in [2.05, 4.69) is 27.4 Å². The molecule has 0 aliphatic carbocycles. The Morgan fingerprint density at radius 2 is 2.05 bits per heavy atom. The molecule has 0 amide bonds. The first kappa shape index (κ1) is 16.7. The van der Waals surface area contributed by atoms with E-state index in [1.807, 2.05) is 19.9 Å². The van der Waals surface area contributed by atoms with Crippen molar-refractivity contribution in [2.45, 2.75) is 53.9 Å². The van der Waals surface area contributed by atoms with Gasteiger partial charge in [0.15, 0.2) is 5.76 Å². The molecule has 2 heteroatoms. The Balaban J connectivity index is 2.54. The molecule has 3 unspecified atom stereocenters. The van der Waals surface area contributed by atoms with Gasteiger partial charge in [0.05, 0.1) is 6.26 Å². The summed E-state index contributed by atoms with van der Waals surface area (Å²) in [5, 5.41) is 0. The van der Waals surface area contributed by atoms with Crippen LogP contribution in [0.2, 0.25) is 0 Å². The molecule has 1 rings (SSSR count). The molecular formula is C18H28O2. The molecule has 20 heavy (non-hydrogen) atoms. The fourth-order valence-corrected chi connectivity index (χ4v) is 2.67. The number of carbonyl (C=O) groups is 1. The molecule has 1 heterocycles. The molecule has 1 aliphatic heterocycles. The summed E-state index contributed by atoms with van der Waals surface area (Å²) >= 11 is 0. The third-order valence-electron chi connectivity index (χ3n) is 3.98. The summed E-state index contributed by atoms with van der Waals surface area (Å²) in [6, 6.07) is 0. The lowest BCUT2D eigenvalue weighted by molar-refractivity contribution is -0.122. The average Bonchev–Trinajstić information content (AvgIpc) is 2.36. The van der Waals surface area contributed by atoms with Crippen LogP contribution in [-0.4, -0.2) is 5.78 Å². The predicted octanol–water partition coefficient (Wildman–Crippen LogP) is 5.03. The van der Waals surface area contributed by atoms with Gasteiger partial charge in [0.2, 0.25) is 5.78 Å². The molecule has 112 valence electrons. The lowest BCUT2D eigenvalue weighted by Gasteiger charge is -2.23. The topological polar surface area (TPSA) is 26.3 Å². The van der Waals surface area contributed by atoms with Gasteiger partial charge in [-0.3, -0.25) is 4.79 Å². The predicted molar refractivity (Wildman–Crippen MR) is 84.1 cm³/mol. The third kappa shape index (κ3) is 4.99. The number of ether oxygens (including phenoxy) is 1. The quantitative estimate of drug-likeness (QED) is 0.610. The molecule has 0 spiro atoms. The minimum atomic E-state index is 0.000581. The van der Waals surface area contributed by atoms with Crippen LogP contribution in [0.1, 0.15) is 53.9 Å². The van der Waals surface area contributed by atoms with Crippen LogP contribution >= 0.6 is 0 Å². The van der Waals surface area contributed by atoms with Crippen LogP contribution in [0, 0.1) is 17.8 Å². The molecule has 0 N–H and O–H groups in total. The van der Waals surface area contributed by atoms with Gasteiger partial charge in [-0.1, -0.05) is 26.3 Å². The van der Waals surface area contributed by atoms with E-state index in [1.165, 1.54) is 5.57 Å². The summed E-state index contributed by atoms with van der Waals surface area (Å²) in [5.74, 6) is 1.57. The van der Waals surface area contributed by atoms with Crippen LogP contribution < -0.4 is 0 Å². The molecular weight excluding hydrogens is 248 g/mol. The molecule has 0 aromatic heterocycles. The van der Waals surface area contributed by atoms with E-state index < -0.39 is 0 Å². The minimum absolute atomic E-state index is 0.000581. The van der Waals surface area contributed by atoms with Gasteiger partial charge in [-0.05, 0) is 56.6 Å². The summed E-state index contributed by atoms with van der Waals surface area (Å²) in [4.78, 5) is 12.4. The summed E-state index contributed by atoms with van der Waals surface area (Å²) in [6.45, 7) is 14.4. The second-order valence-corrected chi connectivity index (χ2v) is 6.49. The van der Waals surface area contributed by atoms with Crippen molar-refractivity contribution in [1.82, 2.24) is 0 Å². The molecule has 2 nitrogen and oxygen atoms in total. The second-order valence-electron chi connectivity index (χ2n) is 6.49. The largest absolute Gasteiger partial charge is 0.462 e. The van der Waals surface area contributed by atoms with E-state index in [9.17, 15) is 4.79 Å². The highest BCUT2D eigenvalue weighted by atomic mass is 16.5. The van der Waals surface area contributed by atoms with Gasteiger partial charge in [-0.15, -0.1) is 6.58 Å². The average molecular weight is 276 g/mol. The van der Waals surface area contributed by atoms with E-state index in [0.29, 0.717) is 17.6 Å². The number of Topliss-reactive ketones (excluding diaryl/α,β-unsaturated/α-hetero) is 1. The van der Waals surface area contributed by atoms with Gasteiger partial charge >= 0.3 is 0 Å². The standard InChI is InChI=1S/C18H28O2/c1-12(2)9-14(4)10-15(5)16(6)18(19)17-8-7-13(3)11-20-17/h8,11,14-16H,1,7,9-10H2,2-6H3. The van der Waals surface area contributed by atoms with Gasteiger partial charge < -0.3 is 4.74 Å². The normalized spacial score (nSPS) is 19.2. The number of hydrogen-bond donors (Lipinski definition) is 0. The first-order valence-electron chi connectivity index (χ1n) is 7.52. The summed E-state index contributed by atoms with van der Waals surface area (Å²) < 4.78 is 5.43. The Labute approximate surface area is 123 Å². The number of rotatable bonds is 7. The van der Waals surface area contributed by atoms with Crippen LogP contribution in [0.25, 0.3) is 0 Å². The van der Waals surface area contributed by atoms with Crippen LogP contribution in [0.4, 0.5) is 0 Å². The van der Waals surface area contributed by atoms with E-state index >= 15 is 0 Å². The Bertz CT molecular complexity index is 429. The molecule has 0 aromatic carbocycles. The zero-order valence-electron chi connectivity index (χ0n) is 13.5. The fourth-order valence-electron chi connectivity index (χ4n) is 2.67. The summed E-state index contributed by atoms with van der Waals surface area (Å²) in [6.07, 6.45) is 6.48. The first-order valence-corrected chi connectivity index (χ1v) is 7.52. The molecule has 0 saturated carbocycles. The Hall–Kier alpha value is -1.31. The molecule has 0 saturated heterocycles. The van der Waals surface area contributed by atoms with Gasteiger partial charge in [-0.2, -0.15) is 0 Å². The van der Waals surface area contributed by atoms with Crippen molar-refractivity contribution in [3.63, 3.8) is 0 Å². The van der Waals surface area contributed by atoms with Crippen molar-refractivity contribution < 1.29 is 9.53 Å².